The summed E-state index contributed by atoms with van der Waals surface area (Å²) in [7, 11) is 0. The summed E-state index contributed by atoms with van der Waals surface area (Å²) in [5.74, 6) is 1.91. The van der Waals surface area contributed by atoms with Gasteiger partial charge in [-0.2, -0.15) is 0 Å². The van der Waals surface area contributed by atoms with Crippen molar-refractivity contribution < 1.29 is 0 Å². The number of hydrogen-bond acceptors (Lipinski definition) is 1. The molecule has 4 unspecified atom stereocenters. The van der Waals surface area contributed by atoms with Crippen LogP contribution in [0.5, 0.6) is 0 Å². The minimum absolute atomic E-state index is 0.840. The highest BCUT2D eigenvalue weighted by Crippen LogP contribution is 2.29. The van der Waals surface area contributed by atoms with Crippen molar-refractivity contribution in [2.45, 2.75) is 70.9 Å². The third-order valence-corrected chi connectivity index (χ3v) is 4.33. The van der Waals surface area contributed by atoms with Gasteiger partial charge in [-0.25, -0.2) is 0 Å². The molecule has 0 bridgehead atoms. The standard InChI is InChI=1S/C13H25N/c1-10-4-3-5-12(8-6-10)14-13-9-7-11(13)2/h10-14H,3-9H2,1-2H3. The summed E-state index contributed by atoms with van der Waals surface area (Å²) in [5.41, 5.74) is 0. The van der Waals surface area contributed by atoms with E-state index < -0.39 is 0 Å². The monoisotopic (exact) mass is 195 g/mol. The van der Waals surface area contributed by atoms with Gasteiger partial charge in [0.2, 0.25) is 0 Å². The second kappa shape index (κ2) is 4.65. The van der Waals surface area contributed by atoms with Gasteiger partial charge in [-0.05, 0) is 43.9 Å². The summed E-state index contributed by atoms with van der Waals surface area (Å²) in [6.07, 6.45) is 10.1. The molecule has 4 atom stereocenters. The summed E-state index contributed by atoms with van der Waals surface area (Å²) in [5, 5.41) is 3.87. The maximum Gasteiger partial charge on any atom is 0.00954 e. The van der Waals surface area contributed by atoms with Crippen molar-refractivity contribution in [2.24, 2.45) is 11.8 Å². The van der Waals surface area contributed by atoms with Crippen LogP contribution in [0.15, 0.2) is 0 Å². The van der Waals surface area contributed by atoms with Crippen LogP contribution in [0.1, 0.15) is 58.8 Å². The zero-order valence-corrected chi connectivity index (χ0v) is 9.76. The molecule has 0 aliphatic heterocycles. The van der Waals surface area contributed by atoms with Crippen LogP contribution in [-0.2, 0) is 0 Å². The average Bonchev–Trinajstić information content (AvgIpc) is 2.37. The van der Waals surface area contributed by atoms with Crippen LogP contribution >= 0.6 is 0 Å². The van der Waals surface area contributed by atoms with E-state index >= 15 is 0 Å². The minimum Gasteiger partial charge on any atom is -0.311 e. The molecule has 1 nitrogen and oxygen atoms in total. The molecule has 0 aromatic heterocycles. The summed E-state index contributed by atoms with van der Waals surface area (Å²) in [4.78, 5) is 0. The van der Waals surface area contributed by atoms with E-state index in [0.29, 0.717) is 0 Å². The lowest BCUT2D eigenvalue weighted by Gasteiger charge is -2.37. The molecule has 0 radical (unpaired) electrons. The van der Waals surface area contributed by atoms with E-state index in [1.807, 2.05) is 0 Å². The third kappa shape index (κ3) is 2.50. The molecule has 0 amide bonds. The zero-order chi connectivity index (χ0) is 9.97. The molecule has 0 saturated heterocycles. The molecule has 2 rings (SSSR count). The van der Waals surface area contributed by atoms with E-state index in [9.17, 15) is 0 Å². The lowest BCUT2D eigenvalue weighted by Crippen LogP contribution is -2.47. The second-order valence-electron chi connectivity index (χ2n) is 5.64. The first-order valence-corrected chi connectivity index (χ1v) is 6.51. The van der Waals surface area contributed by atoms with Crippen molar-refractivity contribution in [3.63, 3.8) is 0 Å². The van der Waals surface area contributed by atoms with Crippen LogP contribution in [0.2, 0.25) is 0 Å². The van der Waals surface area contributed by atoms with Gasteiger partial charge < -0.3 is 5.32 Å². The van der Waals surface area contributed by atoms with Crippen molar-refractivity contribution in [3.05, 3.63) is 0 Å². The quantitative estimate of drug-likeness (QED) is 0.666. The fourth-order valence-corrected chi connectivity index (χ4v) is 2.87. The van der Waals surface area contributed by atoms with Gasteiger partial charge >= 0.3 is 0 Å². The molecule has 0 aromatic carbocycles. The molecule has 82 valence electrons. The molecule has 2 fully saturated rings. The molecule has 1 heteroatoms. The van der Waals surface area contributed by atoms with Crippen LogP contribution in [-0.4, -0.2) is 12.1 Å². The molecule has 0 aromatic rings. The van der Waals surface area contributed by atoms with Crippen molar-refractivity contribution >= 4 is 0 Å². The number of hydrogen-bond donors (Lipinski definition) is 1. The van der Waals surface area contributed by atoms with Crippen LogP contribution in [0, 0.1) is 11.8 Å². The minimum atomic E-state index is 0.840. The normalized spacial score (nSPS) is 44.1. The predicted octanol–water partition coefficient (Wildman–Crippen LogP) is 3.34. The fourth-order valence-electron chi connectivity index (χ4n) is 2.87. The van der Waals surface area contributed by atoms with Gasteiger partial charge in [0.1, 0.15) is 0 Å². The van der Waals surface area contributed by atoms with Crippen LogP contribution in [0.3, 0.4) is 0 Å². The van der Waals surface area contributed by atoms with Crippen LogP contribution in [0.4, 0.5) is 0 Å². The Morgan fingerprint density at radius 1 is 0.857 bits per heavy atom. The second-order valence-corrected chi connectivity index (χ2v) is 5.64. The van der Waals surface area contributed by atoms with E-state index in [0.717, 1.165) is 23.9 Å². The molecular formula is C13H25N. The molecular weight excluding hydrogens is 170 g/mol. The number of rotatable bonds is 2. The van der Waals surface area contributed by atoms with Crippen molar-refractivity contribution in [3.8, 4) is 0 Å². The summed E-state index contributed by atoms with van der Waals surface area (Å²) < 4.78 is 0. The zero-order valence-electron chi connectivity index (χ0n) is 9.76. The highest BCUT2D eigenvalue weighted by molar-refractivity contribution is 4.87. The maximum absolute atomic E-state index is 3.87. The Morgan fingerprint density at radius 2 is 1.71 bits per heavy atom. The van der Waals surface area contributed by atoms with Gasteiger partial charge in [0.25, 0.3) is 0 Å². The van der Waals surface area contributed by atoms with E-state index in [2.05, 4.69) is 19.2 Å². The Kier molecular flexibility index (Phi) is 3.48. The Hall–Kier alpha value is -0.0400. The first-order chi connectivity index (χ1) is 6.75. The van der Waals surface area contributed by atoms with E-state index in [1.165, 1.54) is 44.9 Å². The lowest BCUT2D eigenvalue weighted by atomic mass is 9.80. The molecule has 2 aliphatic carbocycles. The highest BCUT2D eigenvalue weighted by Gasteiger charge is 2.28. The molecule has 14 heavy (non-hydrogen) atoms. The third-order valence-electron chi connectivity index (χ3n) is 4.33. The average molecular weight is 195 g/mol. The van der Waals surface area contributed by atoms with Crippen molar-refractivity contribution in [2.75, 3.05) is 0 Å². The van der Waals surface area contributed by atoms with Gasteiger partial charge in [-0.3, -0.25) is 0 Å². The first-order valence-electron chi connectivity index (χ1n) is 6.51. The molecule has 0 spiro atoms. The number of nitrogens with one attached hydrogen (secondary N) is 1. The van der Waals surface area contributed by atoms with E-state index in [4.69, 9.17) is 0 Å². The van der Waals surface area contributed by atoms with Gasteiger partial charge in [0.15, 0.2) is 0 Å². The lowest BCUT2D eigenvalue weighted by molar-refractivity contribution is 0.202. The maximum atomic E-state index is 3.87. The Bertz CT molecular complexity index is 178. The largest absolute Gasteiger partial charge is 0.311 e. The predicted molar refractivity (Wildman–Crippen MR) is 61.4 cm³/mol. The Labute approximate surface area is 88.7 Å². The van der Waals surface area contributed by atoms with Crippen LogP contribution < -0.4 is 5.32 Å². The smallest absolute Gasteiger partial charge is 0.00954 e. The van der Waals surface area contributed by atoms with Gasteiger partial charge in [0, 0.05) is 12.1 Å². The van der Waals surface area contributed by atoms with E-state index in [-0.39, 0.29) is 0 Å². The summed E-state index contributed by atoms with van der Waals surface area (Å²) >= 11 is 0. The van der Waals surface area contributed by atoms with Gasteiger partial charge in [-0.1, -0.05) is 26.7 Å². The topological polar surface area (TPSA) is 12.0 Å². The Balaban J connectivity index is 1.74. The molecule has 2 aliphatic rings. The van der Waals surface area contributed by atoms with Crippen LogP contribution in [0.25, 0.3) is 0 Å². The fraction of sp³-hybridized carbons (Fsp3) is 1.00. The summed E-state index contributed by atoms with van der Waals surface area (Å²) in [6.45, 7) is 4.80. The van der Waals surface area contributed by atoms with Crippen molar-refractivity contribution in [1.29, 1.82) is 0 Å². The van der Waals surface area contributed by atoms with Crippen molar-refractivity contribution in [1.82, 2.24) is 5.32 Å². The first kappa shape index (κ1) is 10.5. The molecule has 1 N–H and O–H groups in total. The SMILES string of the molecule is CC1CCCC(NC2CCC2C)CC1. The Morgan fingerprint density at radius 3 is 2.36 bits per heavy atom. The highest BCUT2D eigenvalue weighted by atomic mass is 15.0. The van der Waals surface area contributed by atoms with Gasteiger partial charge in [-0.15, -0.1) is 0 Å². The van der Waals surface area contributed by atoms with Gasteiger partial charge in [0.05, 0.1) is 0 Å². The molecule has 2 saturated carbocycles. The summed E-state index contributed by atoms with van der Waals surface area (Å²) in [6, 6.07) is 1.70. The van der Waals surface area contributed by atoms with E-state index in [1.54, 1.807) is 0 Å². The molecule has 0 heterocycles.